The molecular formula is C12H16ClFN4O. The van der Waals surface area contributed by atoms with Crippen LogP contribution in [0.5, 0.6) is 0 Å². The van der Waals surface area contributed by atoms with E-state index in [-0.39, 0.29) is 34.5 Å². The van der Waals surface area contributed by atoms with Crippen molar-refractivity contribution < 1.29 is 9.18 Å². The summed E-state index contributed by atoms with van der Waals surface area (Å²) in [6.07, 6.45) is 2.02. The van der Waals surface area contributed by atoms with Crippen LogP contribution in [-0.4, -0.2) is 30.4 Å². The summed E-state index contributed by atoms with van der Waals surface area (Å²) in [5.41, 5.74) is 11.4. The lowest BCUT2D eigenvalue weighted by molar-refractivity contribution is -0.128. The van der Waals surface area contributed by atoms with Gasteiger partial charge in [-0.2, -0.15) is 0 Å². The molecule has 1 aliphatic heterocycles. The van der Waals surface area contributed by atoms with Crippen molar-refractivity contribution in [3.63, 3.8) is 0 Å². The molecule has 0 saturated carbocycles. The van der Waals surface area contributed by atoms with E-state index in [1.165, 1.54) is 6.07 Å². The van der Waals surface area contributed by atoms with E-state index in [1.54, 1.807) is 4.90 Å². The minimum absolute atomic E-state index is 0.0125. The van der Waals surface area contributed by atoms with Gasteiger partial charge in [0.15, 0.2) is 5.82 Å². The van der Waals surface area contributed by atoms with Gasteiger partial charge in [0.25, 0.3) is 0 Å². The molecular weight excluding hydrogens is 271 g/mol. The highest BCUT2D eigenvalue weighted by atomic mass is 35.5. The lowest BCUT2D eigenvalue weighted by Gasteiger charge is -2.17. The van der Waals surface area contributed by atoms with Crippen molar-refractivity contribution in [1.82, 2.24) is 4.90 Å². The van der Waals surface area contributed by atoms with Crippen molar-refractivity contribution in [3.05, 3.63) is 16.9 Å². The Morgan fingerprint density at radius 2 is 2.00 bits per heavy atom. The number of anilines is 3. The van der Waals surface area contributed by atoms with Gasteiger partial charge in [-0.05, 0) is 18.9 Å². The predicted molar refractivity (Wildman–Crippen MR) is 74.5 cm³/mol. The minimum atomic E-state index is -0.728. The van der Waals surface area contributed by atoms with Gasteiger partial charge >= 0.3 is 0 Å². The molecule has 1 aromatic rings. The van der Waals surface area contributed by atoms with Gasteiger partial charge < -0.3 is 21.7 Å². The van der Waals surface area contributed by atoms with Crippen molar-refractivity contribution >= 4 is 34.6 Å². The van der Waals surface area contributed by atoms with Gasteiger partial charge in [-0.1, -0.05) is 11.6 Å². The Morgan fingerprint density at radius 1 is 1.37 bits per heavy atom. The number of hydrogen-bond acceptors (Lipinski definition) is 4. The van der Waals surface area contributed by atoms with E-state index in [2.05, 4.69) is 5.32 Å². The third-order valence-electron chi connectivity index (χ3n) is 3.14. The molecule has 1 heterocycles. The fourth-order valence-electron chi connectivity index (χ4n) is 2.09. The Balaban J connectivity index is 2.07. The average Bonchev–Trinajstić information content (AvgIpc) is 2.89. The second-order valence-corrected chi connectivity index (χ2v) is 4.88. The van der Waals surface area contributed by atoms with E-state index in [4.69, 9.17) is 23.1 Å². The molecule has 1 fully saturated rings. The Kier molecular flexibility index (Phi) is 3.99. The normalized spacial score (nSPS) is 14.7. The van der Waals surface area contributed by atoms with Gasteiger partial charge in [0, 0.05) is 13.1 Å². The fraction of sp³-hybridized carbons (Fsp3) is 0.417. The molecule has 0 radical (unpaired) electrons. The van der Waals surface area contributed by atoms with Crippen molar-refractivity contribution in [2.75, 3.05) is 36.4 Å². The number of nitrogens with zero attached hydrogens (tertiary/aromatic N) is 1. The van der Waals surface area contributed by atoms with Gasteiger partial charge in [0.1, 0.15) is 5.02 Å². The minimum Gasteiger partial charge on any atom is -0.397 e. The van der Waals surface area contributed by atoms with Crippen LogP contribution in [0.1, 0.15) is 12.8 Å². The molecule has 2 rings (SSSR count). The first-order valence-electron chi connectivity index (χ1n) is 6.05. The molecule has 0 unspecified atom stereocenters. The number of nitrogens with one attached hydrogen (secondary N) is 1. The number of amides is 1. The van der Waals surface area contributed by atoms with E-state index in [0.717, 1.165) is 25.9 Å². The molecule has 104 valence electrons. The van der Waals surface area contributed by atoms with Crippen LogP contribution in [0.3, 0.4) is 0 Å². The molecule has 0 aromatic heterocycles. The molecule has 19 heavy (non-hydrogen) atoms. The second kappa shape index (κ2) is 5.52. The summed E-state index contributed by atoms with van der Waals surface area (Å²) >= 11 is 5.71. The number of halogens is 2. The van der Waals surface area contributed by atoms with Gasteiger partial charge in [-0.15, -0.1) is 0 Å². The van der Waals surface area contributed by atoms with Crippen LogP contribution in [0.15, 0.2) is 6.07 Å². The molecule has 7 heteroatoms. The average molecular weight is 287 g/mol. The Labute approximate surface area is 115 Å². The number of likely N-dealkylation sites (tertiary alicyclic amines) is 1. The van der Waals surface area contributed by atoms with Crippen LogP contribution in [0.25, 0.3) is 0 Å². The van der Waals surface area contributed by atoms with Crippen LogP contribution >= 0.6 is 11.6 Å². The van der Waals surface area contributed by atoms with E-state index < -0.39 is 5.82 Å². The van der Waals surface area contributed by atoms with Crippen LogP contribution < -0.4 is 16.8 Å². The van der Waals surface area contributed by atoms with Crippen LogP contribution in [-0.2, 0) is 4.79 Å². The topological polar surface area (TPSA) is 84.4 Å². The van der Waals surface area contributed by atoms with Crippen molar-refractivity contribution in [3.8, 4) is 0 Å². The molecule has 0 aliphatic carbocycles. The highest BCUT2D eigenvalue weighted by molar-refractivity contribution is 6.33. The van der Waals surface area contributed by atoms with E-state index in [1.807, 2.05) is 0 Å². The van der Waals surface area contributed by atoms with Crippen LogP contribution in [0.4, 0.5) is 21.5 Å². The molecule has 0 spiro atoms. The highest BCUT2D eigenvalue weighted by Gasteiger charge is 2.19. The number of rotatable bonds is 3. The number of carbonyl (C=O) groups is 1. The first-order chi connectivity index (χ1) is 9.00. The molecule has 1 saturated heterocycles. The first-order valence-corrected chi connectivity index (χ1v) is 6.43. The van der Waals surface area contributed by atoms with E-state index >= 15 is 0 Å². The summed E-state index contributed by atoms with van der Waals surface area (Å²) in [7, 11) is 0. The number of nitrogens with two attached hydrogens (primary N) is 2. The smallest absolute Gasteiger partial charge is 0.241 e. The summed E-state index contributed by atoms with van der Waals surface area (Å²) in [4.78, 5) is 13.6. The summed E-state index contributed by atoms with van der Waals surface area (Å²) in [6.45, 7) is 1.49. The Bertz CT molecular complexity index is 503. The van der Waals surface area contributed by atoms with Gasteiger partial charge in [0.05, 0.1) is 23.6 Å². The van der Waals surface area contributed by atoms with Crippen molar-refractivity contribution in [2.24, 2.45) is 0 Å². The Morgan fingerprint density at radius 3 is 2.63 bits per heavy atom. The molecule has 5 nitrogen and oxygen atoms in total. The van der Waals surface area contributed by atoms with Crippen LogP contribution in [0.2, 0.25) is 5.02 Å². The third kappa shape index (κ3) is 2.84. The SMILES string of the molecule is Nc1cc(N)c(NCC(=O)N2CCCC2)c(F)c1Cl. The zero-order valence-corrected chi connectivity index (χ0v) is 11.1. The zero-order valence-electron chi connectivity index (χ0n) is 10.4. The van der Waals surface area contributed by atoms with Gasteiger partial charge in [-0.25, -0.2) is 4.39 Å². The molecule has 0 bridgehead atoms. The third-order valence-corrected chi connectivity index (χ3v) is 3.52. The lowest BCUT2D eigenvalue weighted by Crippen LogP contribution is -2.33. The van der Waals surface area contributed by atoms with Gasteiger partial charge in [-0.3, -0.25) is 4.79 Å². The summed E-state index contributed by atoms with van der Waals surface area (Å²) in [5.74, 6) is -0.808. The number of hydrogen-bond donors (Lipinski definition) is 3. The largest absolute Gasteiger partial charge is 0.397 e. The van der Waals surface area contributed by atoms with Crippen LogP contribution in [0, 0.1) is 5.82 Å². The number of nitrogen functional groups attached to an aromatic ring is 2. The fourth-order valence-corrected chi connectivity index (χ4v) is 2.24. The molecule has 5 N–H and O–H groups in total. The standard InChI is InChI=1S/C12H16ClFN4O/c13-10-7(15)5-8(16)12(11(10)14)17-6-9(19)18-3-1-2-4-18/h5,17H,1-4,6,15-16H2. The summed E-state index contributed by atoms with van der Waals surface area (Å²) in [6, 6.07) is 1.37. The number of carbonyl (C=O) groups excluding carboxylic acids is 1. The summed E-state index contributed by atoms with van der Waals surface area (Å²) < 4.78 is 13.9. The quantitative estimate of drug-likeness (QED) is 0.738. The maximum Gasteiger partial charge on any atom is 0.241 e. The summed E-state index contributed by atoms with van der Waals surface area (Å²) in [5, 5.41) is 2.51. The molecule has 1 aliphatic rings. The Hall–Kier alpha value is -1.69. The first kappa shape index (κ1) is 13.7. The zero-order chi connectivity index (χ0) is 14.0. The monoisotopic (exact) mass is 286 g/mol. The predicted octanol–water partition coefficient (Wildman–Crippen LogP) is 1.68. The molecule has 1 amide bonds. The highest BCUT2D eigenvalue weighted by Crippen LogP contribution is 2.33. The van der Waals surface area contributed by atoms with Crippen molar-refractivity contribution in [1.29, 1.82) is 0 Å². The number of benzene rings is 1. The van der Waals surface area contributed by atoms with E-state index in [9.17, 15) is 9.18 Å². The second-order valence-electron chi connectivity index (χ2n) is 4.50. The van der Waals surface area contributed by atoms with Crippen molar-refractivity contribution in [2.45, 2.75) is 12.8 Å². The maximum atomic E-state index is 13.9. The maximum absolute atomic E-state index is 13.9. The van der Waals surface area contributed by atoms with E-state index in [0.29, 0.717) is 0 Å². The van der Waals surface area contributed by atoms with Gasteiger partial charge in [0.2, 0.25) is 5.91 Å². The molecule has 1 aromatic carbocycles. The molecule has 0 atom stereocenters. The lowest BCUT2D eigenvalue weighted by atomic mass is 10.2.